The molecule has 0 aliphatic rings. The van der Waals surface area contributed by atoms with Crippen LogP contribution in [0.1, 0.15) is 23.7 Å². The summed E-state index contributed by atoms with van der Waals surface area (Å²) in [4.78, 5) is 29.1. The lowest BCUT2D eigenvalue weighted by Gasteiger charge is -2.13. The zero-order valence-corrected chi connectivity index (χ0v) is 18.0. The number of nitrogens with zero attached hydrogens (tertiary/aromatic N) is 2. The van der Waals surface area contributed by atoms with Crippen LogP contribution in [0.2, 0.25) is 0 Å². The lowest BCUT2D eigenvalue weighted by Crippen LogP contribution is -2.19. The largest absolute Gasteiger partial charge is 0.487 e. The summed E-state index contributed by atoms with van der Waals surface area (Å²) < 4.78 is 7.39. The number of carbonyl (C=O) groups excluding carboxylic acids is 1. The highest BCUT2D eigenvalue weighted by molar-refractivity contribution is 5.99. The van der Waals surface area contributed by atoms with Crippen LogP contribution in [0.5, 0.6) is 5.75 Å². The van der Waals surface area contributed by atoms with E-state index in [1.54, 1.807) is 24.4 Å². The number of pyridine rings is 1. The van der Waals surface area contributed by atoms with Crippen LogP contribution >= 0.6 is 0 Å². The second-order valence-corrected chi connectivity index (χ2v) is 7.41. The molecule has 0 saturated carbocycles. The van der Waals surface area contributed by atoms with Crippen LogP contribution in [-0.4, -0.2) is 15.4 Å². The first-order valence-electron chi connectivity index (χ1n) is 10.4. The van der Waals surface area contributed by atoms with Crippen molar-refractivity contribution in [3.05, 3.63) is 100 Å². The molecule has 0 spiro atoms. The molecule has 4 rings (SSSR count). The van der Waals surface area contributed by atoms with E-state index in [-0.39, 0.29) is 18.2 Å². The first-order chi connectivity index (χ1) is 15.5. The number of rotatable bonds is 6. The summed E-state index contributed by atoms with van der Waals surface area (Å²) >= 11 is 0. The third-order valence-corrected chi connectivity index (χ3v) is 5.07. The van der Waals surface area contributed by atoms with Gasteiger partial charge >= 0.3 is 6.03 Å². The van der Waals surface area contributed by atoms with Gasteiger partial charge < -0.3 is 15.4 Å². The molecule has 32 heavy (non-hydrogen) atoms. The van der Waals surface area contributed by atoms with Crippen LogP contribution in [0.3, 0.4) is 0 Å². The van der Waals surface area contributed by atoms with E-state index in [9.17, 15) is 9.59 Å². The van der Waals surface area contributed by atoms with Crippen LogP contribution in [0, 0.1) is 6.92 Å². The number of nitrogens with one attached hydrogen (secondary N) is 2. The molecular formula is C25H24N4O3. The van der Waals surface area contributed by atoms with Crippen LogP contribution in [0.15, 0.2) is 77.7 Å². The summed E-state index contributed by atoms with van der Waals surface area (Å²) in [6.45, 7) is 4.14. The number of urea groups is 1. The number of hydrogen-bond donors (Lipinski definition) is 2. The number of fused-ring (bicyclic) bond motifs is 1. The summed E-state index contributed by atoms with van der Waals surface area (Å²) in [5.74, 6) is 0.602. The molecule has 2 heterocycles. The summed E-state index contributed by atoms with van der Waals surface area (Å²) in [6, 6.07) is 19.7. The Kier molecular flexibility index (Phi) is 6.17. The molecule has 4 aromatic rings. The Balaban J connectivity index is 1.43. The number of aryl methyl sites for hydroxylation is 2. The molecule has 2 N–H and O–H groups in total. The Morgan fingerprint density at radius 2 is 1.75 bits per heavy atom. The van der Waals surface area contributed by atoms with E-state index in [4.69, 9.17) is 4.74 Å². The van der Waals surface area contributed by atoms with Gasteiger partial charge in [-0.1, -0.05) is 31.2 Å². The summed E-state index contributed by atoms with van der Waals surface area (Å²) in [6.07, 6.45) is 2.63. The quantitative estimate of drug-likeness (QED) is 0.463. The van der Waals surface area contributed by atoms with Crippen LogP contribution in [-0.2, 0) is 13.0 Å². The minimum Gasteiger partial charge on any atom is -0.487 e. The molecule has 2 aromatic carbocycles. The van der Waals surface area contributed by atoms with Crippen molar-refractivity contribution in [1.82, 2.24) is 9.38 Å². The van der Waals surface area contributed by atoms with Crippen molar-refractivity contribution < 1.29 is 9.53 Å². The zero-order chi connectivity index (χ0) is 22.5. The maximum absolute atomic E-state index is 12.4. The normalized spacial score (nSPS) is 10.7. The van der Waals surface area contributed by atoms with E-state index in [2.05, 4.69) is 22.5 Å². The number of amides is 2. The second-order valence-electron chi connectivity index (χ2n) is 7.41. The first kappa shape index (κ1) is 21.1. The number of ether oxygens (including phenoxy) is 1. The third kappa shape index (κ3) is 4.95. The van der Waals surface area contributed by atoms with Crippen molar-refractivity contribution in [2.75, 3.05) is 10.6 Å². The highest BCUT2D eigenvalue weighted by Gasteiger charge is 2.08. The average molecular weight is 428 g/mol. The van der Waals surface area contributed by atoms with Crippen LogP contribution in [0.25, 0.3) is 5.65 Å². The molecule has 0 aliphatic heterocycles. The van der Waals surface area contributed by atoms with Crippen LogP contribution < -0.4 is 20.9 Å². The predicted molar refractivity (Wildman–Crippen MR) is 125 cm³/mol. The van der Waals surface area contributed by atoms with E-state index in [0.717, 1.165) is 17.7 Å². The molecule has 0 saturated heterocycles. The minimum absolute atomic E-state index is 0.140. The molecule has 2 aromatic heterocycles. The van der Waals surface area contributed by atoms with Gasteiger partial charge in [0.2, 0.25) is 0 Å². The average Bonchev–Trinajstić information content (AvgIpc) is 2.80. The van der Waals surface area contributed by atoms with Crippen molar-refractivity contribution in [1.29, 1.82) is 0 Å². The van der Waals surface area contributed by atoms with Gasteiger partial charge in [-0.25, -0.2) is 9.78 Å². The fraction of sp³-hybridized carbons (Fsp3) is 0.160. The molecule has 162 valence electrons. The Hall–Kier alpha value is -4.13. The number of carbonyl (C=O) groups is 1. The summed E-state index contributed by atoms with van der Waals surface area (Å²) in [7, 11) is 0. The molecule has 0 fully saturated rings. The van der Waals surface area contributed by atoms with Crippen molar-refractivity contribution in [3.8, 4) is 5.75 Å². The molecule has 7 heteroatoms. The maximum atomic E-state index is 12.4. The van der Waals surface area contributed by atoms with E-state index >= 15 is 0 Å². The first-order valence-corrected chi connectivity index (χ1v) is 10.4. The van der Waals surface area contributed by atoms with E-state index in [0.29, 0.717) is 22.8 Å². The third-order valence-electron chi connectivity index (χ3n) is 5.07. The van der Waals surface area contributed by atoms with Gasteiger partial charge in [0.25, 0.3) is 5.56 Å². The Morgan fingerprint density at radius 1 is 1.00 bits per heavy atom. The minimum atomic E-state index is -0.340. The maximum Gasteiger partial charge on any atom is 0.323 e. The number of hydrogen-bond acceptors (Lipinski definition) is 4. The molecule has 0 unspecified atom stereocenters. The Morgan fingerprint density at radius 3 is 2.53 bits per heavy atom. The van der Waals surface area contributed by atoms with Gasteiger partial charge in [-0.15, -0.1) is 0 Å². The fourth-order valence-corrected chi connectivity index (χ4v) is 3.28. The van der Waals surface area contributed by atoms with Gasteiger partial charge in [-0.2, -0.15) is 0 Å². The van der Waals surface area contributed by atoms with E-state index in [1.807, 2.05) is 49.4 Å². The van der Waals surface area contributed by atoms with Gasteiger partial charge in [0.15, 0.2) is 0 Å². The molecule has 0 radical (unpaired) electrons. The van der Waals surface area contributed by atoms with Gasteiger partial charge in [-0.05, 0) is 54.8 Å². The molecule has 0 aliphatic carbocycles. The smallest absolute Gasteiger partial charge is 0.323 e. The van der Waals surface area contributed by atoms with Crippen molar-refractivity contribution >= 4 is 23.1 Å². The van der Waals surface area contributed by atoms with Gasteiger partial charge in [0.05, 0.1) is 5.69 Å². The lowest BCUT2D eigenvalue weighted by molar-refractivity contribution is 0.262. The second kappa shape index (κ2) is 9.34. The Bertz CT molecular complexity index is 1310. The highest BCUT2D eigenvalue weighted by Crippen LogP contribution is 2.24. The summed E-state index contributed by atoms with van der Waals surface area (Å²) in [5.41, 5.74) is 4.37. The van der Waals surface area contributed by atoms with Crippen molar-refractivity contribution in [2.24, 2.45) is 0 Å². The van der Waals surface area contributed by atoms with Gasteiger partial charge in [0, 0.05) is 29.7 Å². The van der Waals surface area contributed by atoms with Crippen molar-refractivity contribution in [3.63, 3.8) is 0 Å². The molecule has 0 atom stereocenters. The lowest BCUT2D eigenvalue weighted by atomic mass is 10.1. The number of benzene rings is 2. The predicted octanol–water partition coefficient (Wildman–Crippen LogP) is 4.79. The van der Waals surface area contributed by atoms with Gasteiger partial charge in [-0.3, -0.25) is 9.20 Å². The van der Waals surface area contributed by atoms with Gasteiger partial charge in [0.1, 0.15) is 18.0 Å². The van der Waals surface area contributed by atoms with E-state index < -0.39 is 0 Å². The number of aromatic nitrogens is 2. The Labute approximate surface area is 185 Å². The molecule has 7 nitrogen and oxygen atoms in total. The van der Waals surface area contributed by atoms with E-state index in [1.165, 1.54) is 16.0 Å². The standard InChI is InChI=1S/C25H24N4O3/c1-3-18-8-11-19(12-9-18)27-25(31)28-20-10-7-17(2)22(14-20)32-16-21-15-24(30)29-13-5-4-6-23(29)26-21/h4-15H,3,16H2,1-2H3,(H2,27,28,31). The molecule has 0 bridgehead atoms. The van der Waals surface area contributed by atoms with Crippen LogP contribution in [0.4, 0.5) is 16.2 Å². The SMILES string of the molecule is CCc1ccc(NC(=O)Nc2ccc(C)c(OCc3cc(=O)n4ccccc4n3)c2)cc1. The zero-order valence-electron chi connectivity index (χ0n) is 18.0. The summed E-state index contributed by atoms with van der Waals surface area (Å²) in [5, 5.41) is 5.64. The topological polar surface area (TPSA) is 84.7 Å². The molecular weight excluding hydrogens is 404 g/mol. The monoisotopic (exact) mass is 428 g/mol. The van der Waals surface area contributed by atoms with Crippen molar-refractivity contribution in [2.45, 2.75) is 26.9 Å². The highest BCUT2D eigenvalue weighted by atomic mass is 16.5. The number of anilines is 2. The molecule has 2 amide bonds. The fourth-order valence-electron chi connectivity index (χ4n) is 3.28.